The average Bonchev–Trinajstić information content (AvgIpc) is 3.13. The molecule has 0 spiro atoms. The first-order chi connectivity index (χ1) is 11.3. The SMILES string of the molecule is CC(C)NC(=O)c1cc2n(n1)C(C(F)(F)F)CC(c1cccs1)N2. The van der Waals surface area contributed by atoms with Crippen molar-refractivity contribution in [3.63, 3.8) is 0 Å². The Hall–Kier alpha value is -2.03. The van der Waals surface area contributed by atoms with Crippen LogP contribution in [-0.4, -0.2) is 27.9 Å². The molecule has 9 heteroatoms. The number of halogens is 3. The molecule has 2 unspecified atom stereocenters. The number of hydrogen-bond donors (Lipinski definition) is 2. The van der Waals surface area contributed by atoms with Crippen LogP contribution in [0.3, 0.4) is 0 Å². The van der Waals surface area contributed by atoms with Gasteiger partial charge in [-0.15, -0.1) is 11.3 Å². The molecule has 2 aromatic heterocycles. The molecular formula is C15H17F3N4OS. The highest BCUT2D eigenvalue weighted by molar-refractivity contribution is 7.10. The van der Waals surface area contributed by atoms with E-state index in [2.05, 4.69) is 15.7 Å². The Kier molecular flexibility index (Phi) is 4.29. The average molecular weight is 358 g/mol. The third-order valence-electron chi connectivity index (χ3n) is 3.73. The molecule has 2 aromatic rings. The summed E-state index contributed by atoms with van der Waals surface area (Å²) >= 11 is 1.40. The van der Waals surface area contributed by atoms with Crippen LogP contribution >= 0.6 is 11.3 Å². The summed E-state index contributed by atoms with van der Waals surface area (Å²) in [5, 5.41) is 11.4. The van der Waals surface area contributed by atoms with Crippen LogP contribution in [0.1, 0.15) is 47.7 Å². The Morgan fingerprint density at radius 3 is 2.83 bits per heavy atom. The van der Waals surface area contributed by atoms with Crippen molar-refractivity contribution in [1.82, 2.24) is 15.1 Å². The molecule has 3 rings (SSSR count). The van der Waals surface area contributed by atoms with Crippen molar-refractivity contribution in [3.8, 4) is 0 Å². The van der Waals surface area contributed by atoms with E-state index in [1.165, 1.54) is 17.4 Å². The number of rotatable bonds is 3. The number of aromatic nitrogens is 2. The van der Waals surface area contributed by atoms with Gasteiger partial charge in [-0.25, -0.2) is 4.68 Å². The number of carbonyl (C=O) groups is 1. The zero-order valence-corrected chi connectivity index (χ0v) is 13.9. The molecule has 2 atom stereocenters. The maximum absolute atomic E-state index is 13.5. The van der Waals surface area contributed by atoms with Gasteiger partial charge in [0, 0.05) is 23.4 Å². The highest BCUT2D eigenvalue weighted by atomic mass is 32.1. The van der Waals surface area contributed by atoms with Crippen molar-refractivity contribution < 1.29 is 18.0 Å². The number of carbonyl (C=O) groups excluding carboxylic acids is 1. The van der Waals surface area contributed by atoms with Crippen LogP contribution in [0.5, 0.6) is 0 Å². The monoisotopic (exact) mass is 358 g/mol. The molecule has 0 saturated heterocycles. The van der Waals surface area contributed by atoms with Crippen LogP contribution < -0.4 is 10.6 Å². The van der Waals surface area contributed by atoms with E-state index in [-0.39, 0.29) is 24.0 Å². The van der Waals surface area contributed by atoms with Gasteiger partial charge in [0.1, 0.15) is 5.82 Å². The number of anilines is 1. The lowest BCUT2D eigenvalue weighted by Crippen LogP contribution is -2.35. The minimum absolute atomic E-state index is 0.0210. The number of alkyl halides is 3. The van der Waals surface area contributed by atoms with Crippen LogP contribution in [0.2, 0.25) is 0 Å². The summed E-state index contributed by atoms with van der Waals surface area (Å²) in [7, 11) is 0. The molecule has 1 aliphatic rings. The quantitative estimate of drug-likeness (QED) is 0.879. The summed E-state index contributed by atoms with van der Waals surface area (Å²) in [5.41, 5.74) is -0.0210. The van der Waals surface area contributed by atoms with Crippen LogP contribution in [0, 0.1) is 0 Å². The van der Waals surface area contributed by atoms with Crippen molar-refractivity contribution >= 4 is 23.1 Å². The first kappa shape index (κ1) is 16.8. The second-order valence-electron chi connectivity index (χ2n) is 5.99. The van der Waals surface area contributed by atoms with Gasteiger partial charge in [-0.05, 0) is 25.3 Å². The van der Waals surface area contributed by atoms with Crippen LogP contribution in [-0.2, 0) is 0 Å². The lowest BCUT2D eigenvalue weighted by atomic mass is 10.0. The van der Waals surface area contributed by atoms with Crippen LogP contribution in [0.25, 0.3) is 0 Å². The molecule has 0 saturated carbocycles. The summed E-state index contributed by atoms with van der Waals surface area (Å²) in [4.78, 5) is 12.9. The predicted molar refractivity (Wildman–Crippen MR) is 85.2 cm³/mol. The summed E-state index contributed by atoms with van der Waals surface area (Å²) in [6, 6.07) is 2.63. The van der Waals surface area contributed by atoms with Crippen molar-refractivity contribution in [1.29, 1.82) is 0 Å². The number of nitrogens with zero attached hydrogens (tertiary/aromatic N) is 2. The number of amides is 1. The molecule has 0 aliphatic carbocycles. The molecule has 1 amide bonds. The maximum atomic E-state index is 13.5. The number of fused-ring (bicyclic) bond motifs is 1. The fraction of sp³-hybridized carbons (Fsp3) is 0.467. The Morgan fingerprint density at radius 1 is 1.50 bits per heavy atom. The summed E-state index contributed by atoms with van der Waals surface area (Å²) in [6.07, 6.45) is -4.60. The lowest BCUT2D eigenvalue weighted by molar-refractivity contribution is -0.173. The molecular weight excluding hydrogens is 341 g/mol. The van der Waals surface area contributed by atoms with Gasteiger partial charge < -0.3 is 10.6 Å². The van der Waals surface area contributed by atoms with Gasteiger partial charge in [-0.2, -0.15) is 18.3 Å². The number of thiophene rings is 1. The minimum atomic E-state index is -4.44. The van der Waals surface area contributed by atoms with Gasteiger partial charge in [0.05, 0.1) is 6.04 Å². The molecule has 24 heavy (non-hydrogen) atoms. The van der Waals surface area contributed by atoms with E-state index >= 15 is 0 Å². The molecule has 0 aromatic carbocycles. The molecule has 3 heterocycles. The molecule has 0 fully saturated rings. The van der Waals surface area contributed by atoms with E-state index in [1.54, 1.807) is 26.0 Å². The van der Waals surface area contributed by atoms with E-state index in [9.17, 15) is 18.0 Å². The second-order valence-corrected chi connectivity index (χ2v) is 6.97. The fourth-order valence-electron chi connectivity index (χ4n) is 2.70. The second kappa shape index (κ2) is 6.12. The Morgan fingerprint density at radius 2 is 2.25 bits per heavy atom. The normalized spacial score (nSPS) is 20.6. The van der Waals surface area contributed by atoms with Gasteiger partial charge in [0.25, 0.3) is 5.91 Å². The van der Waals surface area contributed by atoms with E-state index in [0.717, 1.165) is 9.56 Å². The summed E-state index contributed by atoms with van der Waals surface area (Å²) < 4.78 is 41.3. The minimum Gasteiger partial charge on any atom is -0.363 e. The number of hydrogen-bond acceptors (Lipinski definition) is 4. The summed E-state index contributed by atoms with van der Waals surface area (Å²) in [6.45, 7) is 3.55. The Bertz CT molecular complexity index is 724. The maximum Gasteiger partial charge on any atom is 0.410 e. The molecule has 1 aliphatic heterocycles. The van der Waals surface area contributed by atoms with Gasteiger partial charge >= 0.3 is 6.18 Å². The van der Waals surface area contributed by atoms with Gasteiger partial charge in [0.15, 0.2) is 11.7 Å². The molecule has 0 bridgehead atoms. The predicted octanol–water partition coefficient (Wildman–Crippen LogP) is 3.74. The van der Waals surface area contributed by atoms with E-state index < -0.39 is 24.2 Å². The first-order valence-corrected chi connectivity index (χ1v) is 8.40. The highest BCUT2D eigenvalue weighted by Gasteiger charge is 2.47. The Balaban J connectivity index is 1.95. The van der Waals surface area contributed by atoms with E-state index in [1.807, 2.05) is 5.38 Å². The molecule has 130 valence electrons. The fourth-order valence-corrected chi connectivity index (χ4v) is 3.49. The standard InChI is InChI=1S/C15H17F3N4OS/c1-8(2)19-14(23)10-7-13-20-9(11-4-3-5-24-11)6-12(15(16,17)18)22(13)21-10/h3-5,7-9,12,20H,6H2,1-2H3,(H,19,23). The summed E-state index contributed by atoms with van der Waals surface area (Å²) in [5.74, 6) is -0.279. The molecule has 2 N–H and O–H groups in total. The lowest BCUT2D eigenvalue weighted by Gasteiger charge is -2.32. The third kappa shape index (κ3) is 3.26. The number of nitrogens with one attached hydrogen (secondary N) is 2. The largest absolute Gasteiger partial charge is 0.410 e. The third-order valence-corrected chi connectivity index (χ3v) is 4.71. The Labute approximate surface area is 140 Å². The van der Waals surface area contributed by atoms with Crippen molar-refractivity contribution in [3.05, 3.63) is 34.2 Å². The highest BCUT2D eigenvalue weighted by Crippen LogP contribution is 2.44. The van der Waals surface area contributed by atoms with Crippen molar-refractivity contribution in [2.45, 2.75) is 44.6 Å². The van der Waals surface area contributed by atoms with Crippen LogP contribution in [0.4, 0.5) is 19.0 Å². The zero-order valence-electron chi connectivity index (χ0n) is 13.1. The van der Waals surface area contributed by atoms with Crippen molar-refractivity contribution in [2.24, 2.45) is 0 Å². The van der Waals surface area contributed by atoms with Crippen molar-refractivity contribution in [2.75, 3.05) is 5.32 Å². The van der Waals surface area contributed by atoms with E-state index in [4.69, 9.17) is 0 Å². The molecule has 0 radical (unpaired) electrons. The zero-order chi connectivity index (χ0) is 17.5. The van der Waals surface area contributed by atoms with E-state index in [0.29, 0.717) is 0 Å². The smallest absolute Gasteiger partial charge is 0.363 e. The van der Waals surface area contributed by atoms with Gasteiger partial charge in [0.2, 0.25) is 0 Å². The van der Waals surface area contributed by atoms with Gasteiger partial charge in [-0.3, -0.25) is 4.79 Å². The first-order valence-electron chi connectivity index (χ1n) is 7.52. The topological polar surface area (TPSA) is 59.0 Å². The van der Waals surface area contributed by atoms with Gasteiger partial charge in [-0.1, -0.05) is 6.07 Å². The molecule has 5 nitrogen and oxygen atoms in total. The van der Waals surface area contributed by atoms with Crippen LogP contribution in [0.15, 0.2) is 23.6 Å².